The van der Waals surface area contributed by atoms with Crippen molar-refractivity contribution in [1.82, 2.24) is 4.72 Å². The number of nitrogens with one attached hydrogen (secondary N) is 1. The first-order chi connectivity index (χ1) is 6.42. The number of aryl methyl sites for hydroxylation is 1. The van der Waals surface area contributed by atoms with Gasteiger partial charge < -0.3 is 0 Å². The molecule has 78 valence electrons. The quantitative estimate of drug-likeness (QED) is 0.818. The molecule has 0 aliphatic carbocycles. The summed E-state index contributed by atoms with van der Waals surface area (Å²) in [5.74, 6) is 0. The minimum atomic E-state index is -3.57. The Morgan fingerprint density at radius 3 is 2.64 bits per heavy atom. The lowest BCUT2D eigenvalue weighted by molar-refractivity contribution is -0.110. The smallest absolute Gasteiger partial charge is 0.250 e. The predicted octanol–water partition coefficient (Wildman–Crippen LogP) is 1.10. The Hall–Kier alpha value is -0.430. The molecule has 7 heteroatoms. The molecule has 0 aliphatic rings. The summed E-state index contributed by atoms with van der Waals surface area (Å²) in [4.78, 5) is 11.3. The number of carbonyl (C=O) groups is 1. The largest absolute Gasteiger partial charge is 0.280 e. The van der Waals surface area contributed by atoms with E-state index in [1.807, 2.05) is 0 Å². The highest BCUT2D eigenvalue weighted by molar-refractivity contribution is 7.91. The second-order valence-electron chi connectivity index (χ2n) is 2.54. The van der Waals surface area contributed by atoms with E-state index >= 15 is 0 Å². The molecule has 0 aliphatic heterocycles. The van der Waals surface area contributed by atoms with Crippen LogP contribution in [0.1, 0.15) is 4.88 Å². The van der Waals surface area contributed by atoms with Gasteiger partial charge >= 0.3 is 0 Å². The minimum Gasteiger partial charge on any atom is -0.280 e. The van der Waals surface area contributed by atoms with Crippen LogP contribution in [0, 0.1) is 6.92 Å². The second-order valence-corrected chi connectivity index (χ2v) is 6.25. The van der Waals surface area contributed by atoms with E-state index in [9.17, 15) is 13.2 Å². The Bertz CT molecular complexity index is 438. The van der Waals surface area contributed by atoms with Gasteiger partial charge in [0.25, 0.3) is 10.0 Å². The molecule has 0 fully saturated rings. The fourth-order valence-corrected chi connectivity index (χ4v) is 3.24. The van der Waals surface area contributed by atoms with Crippen molar-refractivity contribution in [2.45, 2.75) is 11.1 Å². The van der Waals surface area contributed by atoms with Crippen LogP contribution in [0.5, 0.6) is 0 Å². The summed E-state index contributed by atoms with van der Waals surface area (Å²) in [5, 5.41) is -0.734. The Morgan fingerprint density at radius 1 is 1.57 bits per heavy atom. The van der Waals surface area contributed by atoms with E-state index in [1.54, 1.807) is 13.0 Å². The highest BCUT2D eigenvalue weighted by atomic mass is 35.5. The van der Waals surface area contributed by atoms with Crippen molar-refractivity contribution < 1.29 is 13.2 Å². The molecule has 0 amide bonds. The van der Waals surface area contributed by atoms with Crippen LogP contribution < -0.4 is 4.72 Å². The third kappa shape index (κ3) is 3.06. The molecule has 0 unspecified atom stereocenters. The first kappa shape index (κ1) is 11.6. The summed E-state index contributed by atoms with van der Waals surface area (Å²) in [5.41, 5.74) is 0. The number of halogens is 1. The van der Waals surface area contributed by atoms with E-state index in [0.29, 0.717) is 0 Å². The molecule has 1 aromatic heterocycles. The first-order valence-electron chi connectivity index (χ1n) is 3.66. The molecule has 0 saturated heterocycles. The monoisotopic (exact) mass is 253 g/mol. The van der Waals surface area contributed by atoms with Gasteiger partial charge in [0, 0.05) is 4.88 Å². The first-order valence-corrected chi connectivity index (χ1v) is 6.34. The molecule has 0 aromatic carbocycles. The summed E-state index contributed by atoms with van der Waals surface area (Å²) in [6.45, 7) is 1.41. The van der Waals surface area contributed by atoms with Gasteiger partial charge in [0.05, 0.1) is 6.54 Å². The molecule has 0 saturated carbocycles. The summed E-state index contributed by atoms with van der Waals surface area (Å²) in [6, 6.07) is 3.18. The van der Waals surface area contributed by atoms with E-state index in [2.05, 4.69) is 4.72 Å². The van der Waals surface area contributed by atoms with Crippen LogP contribution in [0.3, 0.4) is 0 Å². The zero-order valence-electron chi connectivity index (χ0n) is 7.28. The number of hydrogen-bond donors (Lipinski definition) is 1. The normalized spacial score (nSPS) is 11.6. The Morgan fingerprint density at radius 2 is 2.21 bits per heavy atom. The second kappa shape index (κ2) is 4.39. The third-order valence-corrected chi connectivity index (χ3v) is 4.41. The van der Waals surface area contributed by atoms with Crippen molar-refractivity contribution in [1.29, 1.82) is 0 Å². The van der Waals surface area contributed by atoms with Gasteiger partial charge in [-0.2, -0.15) is 0 Å². The van der Waals surface area contributed by atoms with E-state index in [1.165, 1.54) is 6.07 Å². The van der Waals surface area contributed by atoms with Crippen LogP contribution in [-0.4, -0.2) is 20.2 Å². The molecule has 0 radical (unpaired) electrons. The van der Waals surface area contributed by atoms with Gasteiger partial charge in [-0.25, -0.2) is 13.1 Å². The van der Waals surface area contributed by atoms with E-state index < -0.39 is 15.3 Å². The van der Waals surface area contributed by atoms with Crippen molar-refractivity contribution in [3.63, 3.8) is 0 Å². The van der Waals surface area contributed by atoms with Gasteiger partial charge in [-0.3, -0.25) is 4.79 Å². The average Bonchev–Trinajstić information content (AvgIpc) is 2.49. The van der Waals surface area contributed by atoms with Crippen LogP contribution in [0.25, 0.3) is 0 Å². The number of sulfonamides is 1. The maximum absolute atomic E-state index is 11.4. The summed E-state index contributed by atoms with van der Waals surface area (Å²) in [7, 11) is -3.57. The lowest BCUT2D eigenvalue weighted by Gasteiger charge is -2.00. The van der Waals surface area contributed by atoms with Gasteiger partial charge in [0.1, 0.15) is 4.21 Å². The fraction of sp³-hybridized carbons (Fsp3) is 0.286. The standard InChI is InChI=1S/C7H8ClNO3S2/c1-5-2-3-7(13-5)14(11,12)9-4-6(8)10/h2-3,9H,4H2,1H3. The summed E-state index contributed by atoms with van der Waals surface area (Å²) >= 11 is 6.16. The van der Waals surface area contributed by atoms with Crippen molar-refractivity contribution >= 4 is 38.2 Å². The van der Waals surface area contributed by atoms with E-state index in [0.717, 1.165) is 16.2 Å². The van der Waals surface area contributed by atoms with Gasteiger partial charge in [-0.15, -0.1) is 11.3 Å². The molecule has 14 heavy (non-hydrogen) atoms. The van der Waals surface area contributed by atoms with Gasteiger partial charge in [0.15, 0.2) is 0 Å². The zero-order chi connectivity index (χ0) is 10.8. The van der Waals surface area contributed by atoms with E-state index in [-0.39, 0.29) is 10.8 Å². The van der Waals surface area contributed by atoms with Crippen LogP contribution in [0.15, 0.2) is 16.3 Å². The van der Waals surface area contributed by atoms with E-state index in [4.69, 9.17) is 11.6 Å². The maximum atomic E-state index is 11.4. The fourth-order valence-electron chi connectivity index (χ4n) is 0.779. The zero-order valence-corrected chi connectivity index (χ0v) is 9.67. The van der Waals surface area contributed by atoms with Crippen LogP contribution in [0.2, 0.25) is 0 Å². The molecule has 1 aromatic rings. The molecule has 1 heterocycles. The highest BCUT2D eigenvalue weighted by Crippen LogP contribution is 2.19. The highest BCUT2D eigenvalue weighted by Gasteiger charge is 2.16. The van der Waals surface area contributed by atoms with Crippen molar-refractivity contribution in [3.8, 4) is 0 Å². The number of hydrogen-bond acceptors (Lipinski definition) is 4. The lowest BCUT2D eigenvalue weighted by Crippen LogP contribution is -2.27. The molecule has 1 rings (SSSR count). The topological polar surface area (TPSA) is 63.2 Å². The molecule has 4 nitrogen and oxygen atoms in total. The van der Waals surface area contributed by atoms with Gasteiger partial charge in [0.2, 0.25) is 5.24 Å². The maximum Gasteiger partial charge on any atom is 0.250 e. The average molecular weight is 254 g/mol. The van der Waals surface area contributed by atoms with Crippen molar-refractivity contribution in [2.24, 2.45) is 0 Å². The van der Waals surface area contributed by atoms with Crippen molar-refractivity contribution in [3.05, 3.63) is 17.0 Å². The molecular formula is C7H8ClNO3S2. The van der Waals surface area contributed by atoms with Crippen molar-refractivity contribution in [2.75, 3.05) is 6.54 Å². The van der Waals surface area contributed by atoms with Crippen LogP contribution in [-0.2, 0) is 14.8 Å². The number of rotatable bonds is 4. The predicted molar refractivity (Wildman–Crippen MR) is 55.1 cm³/mol. The molecule has 0 spiro atoms. The lowest BCUT2D eigenvalue weighted by atomic mass is 10.5. The Balaban J connectivity index is 2.81. The molecule has 1 N–H and O–H groups in total. The summed E-state index contributed by atoms with van der Waals surface area (Å²) < 4.78 is 25.2. The molecular weight excluding hydrogens is 246 g/mol. The minimum absolute atomic E-state index is 0.188. The number of thiophene rings is 1. The Labute approximate surface area is 90.9 Å². The van der Waals surface area contributed by atoms with Crippen LogP contribution in [0.4, 0.5) is 0 Å². The summed E-state index contributed by atoms with van der Waals surface area (Å²) in [6.07, 6.45) is 0. The van der Waals surface area contributed by atoms with Gasteiger partial charge in [-0.1, -0.05) is 0 Å². The van der Waals surface area contributed by atoms with Gasteiger partial charge in [-0.05, 0) is 30.7 Å². The van der Waals surface area contributed by atoms with Crippen LogP contribution >= 0.6 is 22.9 Å². The molecule has 0 bridgehead atoms. The SMILES string of the molecule is Cc1ccc(S(=O)(=O)NCC(=O)Cl)s1. The molecule has 0 atom stereocenters. The number of carbonyl (C=O) groups excluding carboxylic acids is 1. The Kier molecular flexibility index (Phi) is 3.65. The third-order valence-electron chi connectivity index (χ3n) is 1.38.